The van der Waals surface area contributed by atoms with Gasteiger partial charge in [0.1, 0.15) is 0 Å². The molecule has 0 atom stereocenters. The van der Waals surface area contributed by atoms with Gasteiger partial charge in [-0.3, -0.25) is 0 Å². The van der Waals surface area contributed by atoms with Crippen LogP contribution in [0.5, 0.6) is 0 Å². The van der Waals surface area contributed by atoms with Gasteiger partial charge >= 0.3 is 5.97 Å². The van der Waals surface area contributed by atoms with Crippen molar-refractivity contribution in [2.24, 2.45) is 0 Å². The number of fused-ring (bicyclic) bond motifs is 1. The quantitative estimate of drug-likeness (QED) is 0.860. The predicted octanol–water partition coefficient (Wildman–Crippen LogP) is 3.22. The molecular formula is C16H20N2O2. The number of aryl methyl sites for hydroxylation is 1. The molecule has 0 amide bonds. The zero-order valence-corrected chi connectivity index (χ0v) is 11.8. The van der Waals surface area contributed by atoms with Gasteiger partial charge in [-0.25, -0.2) is 4.79 Å². The first kappa shape index (κ1) is 13.2. The van der Waals surface area contributed by atoms with Crippen molar-refractivity contribution in [2.45, 2.75) is 32.7 Å². The smallest absolute Gasteiger partial charge is 0.359 e. The summed E-state index contributed by atoms with van der Waals surface area (Å²) >= 11 is 0. The van der Waals surface area contributed by atoms with Crippen LogP contribution in [0.25, 0.3) is 10.9 Å². The summed E-state index contributed by atoms with van der Waals surface area (Å²) in [5, 5.41) is 2.76. The van der Waals surface area contributed by atoms with Gasteiger partial charge in [-0.1, -0.05) is 24.6 Å². The minimum Gasteiger partial charge on any atom is -0.364 e. The van der Waals surface area contributed by atoms with E-state index in [0.717, 1.165) is 43.4 Å². The van der Waals surface area contributed by atoms with Crippen LogP contribution in [0.3, 0.4) is 0 Å². The van der Waals surface area contributed by atoms with E-state index in [1.165, 1.54) is 6.42 Å². The highest BCUT2D eigenvalue weighted by molar-refractivity contribution is 6.04. The fraction of sp³-hybridized carbons (Fsp3) is 0.438. The lowest BCUT2D eigenvalue weighted by Gasteiger charge is -2.24. The molecule has 3 rings (SSSR count). The summed E-state index contributed by atoms with van der Waals surface area (Å²) in [4.78, 5) is 17.9. The minimum atomic E-state index is -0.240. The van der Waals surface area contributed by atoms with Crippen molar-refractivity contribution in [3.8, 4) is 0 Å². The normalized spacial score (nSPS) is 16.4. The third-order valence-corrected chi connectivity index (χ3v) is 3.88. The molecule has 2 heterocycles. The van der Waals surface area contributed by atoms with E-state index in [2.05, 4.69) is 11.5 Å². The molecule has 0 radical (unpaired) electrons. The first-order valence-electron chi connectivity index (χ1n) is 7.34. The molecule has 4 nitrogen and oxygen atoms in total. The van der Waals surface area contributed by atoms with E-state index >= 15 is 0 Å². The van der Waals surface area contributed by atoms with Crippen molar-refractivity contribution in [3.63, 3.8) is 0 Å². The maximum absolute atomic E-state index is 12.4. The number of hydroxylamine groups is 2. The Hall–Kier alpha value is -1.81. The average Bonchev–Trinajstić information content (AvgIpc) is 2.87. The molecule has 2 aromatic rings. The molecule has 0 saturated carbocycles. The second kappa shape index (κ2) is 5.67. The third-order valence-electron chi connectivity index (χ3n) is 3.88. The number of piperidine rings is 1. The van der Waals surface area contributed by atoms with Crippen LogP contribution < -0.4 is 0 Å². The Morgan fingerprint density at radius 2 is 1.95 bits per heavy atom. The van der Waals surface area contributed by atoms with Gasteiger partial charge in [0, 0.05) is 36.7 Å². The number of nitrogens with zero attached hydrogens (tertiary/aromatic N) is 2. The van der Waals surface area contributed by atoms with Crippen LogP contribution in [0.2, 0.25) is 0 Å². The van der Waals surface area contributed by atoms with Gasteiger partial charge in [0.15, 0.2) is 0 Å². The van der Waals surface area contributed by atoms with Crippen LogP contribution in [-0.2, 0) is 11.4 Å². The Morgan fingerprint density at radius 1 is 1.20 bits per heavy atom. The zero-order valence-electron chi connectivity index (χ0n) is 11.8. The van der Waals surface area contributed by atoms with Crippen LogP contribution in [0.15, 0.2) is 30.5 Å². The van der Waals surface area contributed by atoms with Gasteiger partial charge < -0.3 is 9.40 Å². The summed E-state index contributed by atoms with van der Waals surface area (Å²) in [5.41, 5.74) is 1.74. The summed E-state index contributed by atoms with van der Waals surface area (Å²) in [6, 6.07) is 7.97. The average molecular weight is 272 g/mol. The topological polar surface area (TPSA) is 34.5 Å². The number of aromatic nitrogens is 1. The third kappa shape index (κ3) is 2.43. The Labute approximate surface area is 118 Å². The number of carbonyl (C=O) groups excluding carboxylic acids is 1. The molecule has 0 aliphatic carbocycles. The first-order chi connectivity index (χ1) is 9.79. The maximum atomic E-state index is 12.4. The molecule has 1 fully saturated rings. The van der Waals surface area contributed by atoms with Crippen molar-refractivity contribution < 1.29 is 9.63 Å². The van der Waals surface area contributed by atoms with Gasteiger partial charge in [-0.2, -0.15) is 0 Å². The van der Waals surface area contributed by atoms with E-state index in [-0.39, 0.29) is 5.97 Å². The summed E-state index contributed by atoms with van der Waals surface area (Å²) in [5.74, 6) is -0.240. The number of carbonyl (C=O) groups is 1. The fourth-order valence-corrected chi connectivity index (χ4v) is 2.79. The Bertz CT molecular complexity index is 612. The highest BCUT2D eigenvalue weighted by Crippen LogP contribution is 2.22. The maximum Gasteiger partial charge on any atom is 0.359 e. The molecule has 20 heavy (non-hydrogen) atoms. The summed E-state index contributed by atoms with van der Waals surface area (Å²) in [6.45, 7) is 4.61. The van der Waals surface area contributed by atoms with E-state index in [1.807, 2.05) is 30.5 Å². The number of benzene rings is 1. The zero-order chi connectivity index (χ0) is 13.9. The molecule has 1 aromatic carbocycles. The van der Waals surface area contributed by atoms with Gasteiger partial charge in [-0.15, -0.1) is 5.06 Å². The van der Waals surface area contributed by atoms with E-state index in [0.29, 0.717) is 5.56 Å². The van der Waals surface area contributed by atoms with Crippen molar-refractivity contribution in [3.05, 3.63) is 36.0 Å². The number of rotatable bonds is 3. The molecule has 0 bridgehead atoms. The van der Waals surface area contributed by atoms with Crippen molar-refractivity contribution >= 4 is 16.9 Å². The monoisotopic (exact) mass is 272 g/mol. The standard InChI is InChI=1S/C16H20N2O2/c1-2-17-12-14(13-8-4-5-9-15(13)17)16(19)20-18-10-6-3-7-11-18/h4-5,8-9,12H,2-3,6-7,10-11H2,1H3. The second-order valence-corrected chi connectivity index (χ2v) is 5.21. The SMILES string of the molecule is CCn1cc(C(=O)ON2CCCCC2)c2ccccc21. The molecule has 0 unspecified atom stereocenters. The van der Waals surface area contributed by atoms with Crippen molar-refractivity contribution in [1.82, 2.24) is 9.63 Å². The van der Waals surface area contributed by atoms with Gasteiger partial charge in [0.05, 0.1) is 5.56 Å². The Morgan fingerprint density at radius 3 is 2.70 bits per heavy atom. The van der Waals surface area contributed by atoms with E-state index in [9.17, 15) is 4.79 Å². The Kier molecular flexibility index (Phi) is 3.74. The summed E-state index contributed by atoms with van der Waals surface area (Å²) in [6.07, 6.45) is 5.33. The van der Waals surface area contributed by atoms with E-state index in [4.69, 9.17) is 4.84 Å². The number of hydrogen-bond donors (Lipinski definition) is 0. The van der Waals surface area contributed by atoms with Crippen LogP contribution in [-0.4, -0.2) is 28.7 Å². The van der Waals surface area contributed by atoms with Crippen LogP contribution in [0.4, 0.5) is 0 Å². The molecule has 0 spiro atoms. The van der Waals surface area contributed by atoms with Gasteiger partial charge in [-0.05, 0) is 25.8 Å². The highest BCUT2D eigenvalue weighted by Gasteiger charge is 2.20. The van der Waals surface area contributed by atoms with Crippen LogP contribution in [0, 0.1) is 0 Å². The summed E-state index contributed by atoms with van der Waals surface area (Å²) < 4.78 is 2.09. The molecule has 1 aliphatic rings. The molecule has 1 aliphatic heterocycles. The van der Waals surface area contributed by atoms with Gasteiger partial charge in [0.2, 0.25) is 0 Å². The second-order valence-electron chi connectivity index (χ2n) is 5.21. The lowest BCUT2D eigenvalue weighted by molar-refractivity contribution is -0.119. The molecule has 1 aromatic heterocycles. The highest BCUT2D eigenvalue weighted by atomic mass is 16.7. The lowest BCUT2D eigenvalue weighted by atomic mass is 10.2. The molecule has 0 N–H and O–H groups in total. The van der Waals surface area contributed by atoms with Crippen molar-refractivity contribution in [2.75, 3.05) is 13.1 Å². The molecular weight excluding hydrogens is 252 g/mol. The van der Waals surface area contributed by atoms with Gasteiger partial charge in [0.25, 0.3) is 0 Å². The van der Waals surface area contributed by atoms with E-state index < -0.39 is 0 Å². The number of hydrogen-bond acceptors (Lipinski definition) is 3. The van der Waals surface area contributed by atoms with Crippen LogP contribution in [0.1, 0.15) is 36.5 Å². The molecule has 4 heteroatoms. The lowest BCUT2D eigenvalue weighted by Crippen LogP contribution is -2.32. The van der Waals surface area contributed by atoms with Crippen LogP contribution >= 0.6 is 0 Å². The van der Waals surface area contributed by atoms with E-state index in [1.54, 1.807) is 5.06 Å². The summed E-state index contributed by atoms with van der Waals surface area (Å²) in [7, 11) is 0. The first-order valence-corrected chi connectivity index (χ1v) is 7.34. The largest absolute Gasteiger partial charge is 0.364 e. The molecule has 106 valence electrons. The minimum absolute atomic E-state index is 0.240. The van der Waals surface area contributed by atoms with Crippen molar-refractivity contribution in [1.29, 1.82) is 0 Å². The number of para-hydroxylation sites is 1. The Balaban J connectivity index is 1.87. The molecule has 1 saturated heterocycles. The predicted molar refractivity (Wildman–Crippen MR) is 78.5 cm³/mol. The fourth-order valence-electron chi connectivity index (χ4n) is 2.79.